The van der Waals surface area contributed by atoms with Gasteiger partial charge in [-0.3, -0.25) is 14.2 Å². The predicted octanol–water partition coefficient (Wildman–Crippen LogP) is 3.45. The minimum absolute atomic E-state index is 0.0811. The Morgan fingerprint density at radius 3 is 2.76 bits per heavy atom. The Morgan fingerprint density at radius 2 is 1.97 bits per heavy atom. The zero-order valence-electron chi connectivity index (χ0n) is 15.8. The number of thiophene rings is 1. The molecule has 4 aromatic rings. The summed E-state index contributed by atoms with van der Waals surface area (Å²) in [7, 11) is 1.60. The first kappa shape index (κ1) is 18.9. The van der Waals surface area contributed by atoms with Crippen LogP contribution in [-0.4, -0.2) is 22.6 Å². The van der Waals surface area contributed by atoms with Crippen LogP contribution in [0.25, 0.3) is 20.7 Å². The zero-order valence-corrected chi connectivity index (χ0v) is 16.6. The highest BCUT2D eigenvalue weighted by Gasteiger charge is 2.12. The van der Waals surface area contributed by atoms with Crippen molar-refractivity contribution in [1.29, 1.82) is 0 Å². The van der Waals surface area contributed by atoms with Gasteiger partial charge in [-0.1, -0.05) is 42.5 Å². The Hall–Kier alpha value is -3.45. The molecule has 0 saturated carbocycles. The summed E-state index contributed by atoms with van der Waals surface area (Å²) in [6, 6.07) is 19.2. The third-order valence-corrected chi connectivity index (χ3v) is 5.61. The van der Waals surface area contributed by atoms with E-state index in [9.17, 15) is 9.59 Å². The second kappa shape index (κ2) is 8.28. The molecule has 146 valence electrons. The van der Waals surface area contributed by atoms with Gasteiger partial charge >= 0.3 is 0 Å². The molecule has 6 nitrogen and oxygen atoms in total. The molecule has 0 bridgehead atoms. The number of ether oxygens (including phenoxy) is 1. The van der Waals surface area contributed by atoms with Crippen molar-refractivity contribution in [1.82, 2.24) is 14.9 Å². The van der Waals surface area contributed by atoms with Crippen molar-refractivity contribution < 1.29 is 9.53 Å². The topological polar surface area (TPSA) is 73.2 Å². The Kier molecular flexibility index (Phi) is 5.39. The standard InChI is InChI=1S/C22H19N3O3S/c1-28-17-9-5-6-15(10-17)12-23-20(26)13-25-14-24-21-18(22(25)27)11-19(29-21)16-7-3-2-4-8-16/h2-11,14H,12-13H2,1H3,(H,23,26). The fourth-order valence-corrected chi connectivity index (χ4v) is 4.01. The SMILES string of the molecule is COc1cccc(CNC(=O)Cn2cnc3sc(-c4ccccc4)cc3c2=O)c1. The van der Waals surface area contributed by atoms with Crippen LogP contribution in [0.2, 0.25) is 0 Å². The molecule has 0 saturated heterocycles. The highest BCUT2D eigenvalue weighted by Crippen LogP contribution is 2.30. The number of methoxy groups -OCH3 is 1. The lowest BCUT2D eigenvalue weighted by Crippen LogP contribution is -2.32. The molecule has 1 N–H and O–H groups in total. The lowest BCUT2D eigenvalue weighted by atomic mass is 10.2. The summed E-state index contributed by atoms with van der Waals surface area (Å²) in [6.45, 7) is 0.277. The van der Waals surface area contributed by atoms with E-state index in [0.717, 1.165) is 21.8 Å². The quantitative estimate of drug-likeness (QED) is 0.533. The molecule has 0 unspecified atom stereocenters. The fourth-order valence-electron chi connectivity index (χ4n) is 3.01. The van der Waals surface area contributed by atoms with E-state index in [4.69, 9.17) is 4.74 Å². The van der Waals surface area contributed by atoms with E-state index in [1.54, 1.807) is 7.11 Å². The van der Waals surface area contributed by atoms with E-state index in [1.807, 2.05) is 60.7 Å². The summed E-state index contributed by atoms with van der Waals surface area (Å²) in [5.41, 5.74) is 1.74. The van der Waals surface area contributed by atoms with E-state index in [0.29, 0.717) is 16.8 Å². The first-order valence-electron chi connectivity index (χ1n) is 9.08. The number of nitrogens with zero attached hydrogens (tertiary/aromatic N) is 2. The smallest absolute Gasteiger partial charge is 0.262 e. The van der Waals surface area contributed by atoms with Gasteiger partial charge in [0.15, 0.2) is 0 Å². The van der Waals surface area contributed by atoms with Crippen LogP contribution < -0.4 is 15.6 Å². The second-order valence-electron chi connectivity index (χ2n) is 6.50. The van der Waals surface area contributed by atoms with E-state index >= 15 is 0 Å². The Morgan fingerprint density at radius 1 is 1.14 bits per heavy atom. The number of nitrogens with one attached hydrogen (secondary N) is 1. The summed E-state index contributed by atoms with van der Waals surface area (Å²) in [4.78, 5) is 31.1. The largest absolute Gasteiger partial charge is 0.497 e. The molecule has 0 fully saturated rings. The summed E-state index contributed by atoms with van der Waals surface area (Å²) in [5, 5.41) is 3.35. The normalized spacial score (nSPS) is 10.8. The van der Waals surface area contributed by atoms with Crippen LogP contribution in [-0.2, 0) is 17.9 Å². The molecule has 2 aromatic heterocycles. The summed E-state index contributed by atoms with van der Waals surface area (Å²) < 4.78 is 6.52. The maximum atomic E-state index is 12.8. The van der Waals surface area contributed by atoms with E-state index in [-0.39, 0.29) is 18.0 Å². The first-order chi connectivity index (χ1) is 14.1. The molecule has 0 atom stereocenters. The summed E-state index contributed by atoms with van der Waals surface area (Å²) in [6.07, 6.45) is 1.43. The molecule has 4 rings (SSSR count). The van der Waals surface area contributed by atoms with Crippen LogP contribution >= 0.6 is 11.3 Å². The van der Waals surface area contributed by atoms with Gasteiger partial charge in [0.25, 0.3) is 5.56 Å². The van der Waals surface area contributed by atoms with Crippen molar-refractivity contribution in [3.8, 4) is 16.2 Å². The fraction of sp³-hybridized carbons (Fsp3) is 0.136. The molecule has 2 heterocycles. The average molecular weight is 405 g/mol. The number of hydrogen-bond acceptors (Lipinski definition) is 5. The van der Waals surface area contributed by atoms with Crippen molar-refractivity contribution in [3.63, 3.8) is 0 Å². The van der Waals surface area contributed by atoms with Crippen molar-refractivity contribution in [2.45, 2.75) is 13.1 Å². The molecule has 29 heavy (non-hydrogen) atoms. The van der Waals surface area contributed by atoms with Crippen molar-refractivity contribution in [3.05, 3.63) is 82.9 Å². The van der Waals surface area contributed by atoms with E-state index < -0.39 is 0 Å². The number of amides is 1. The molecule has 1 amide bonds. The number of carbonyl (C=O) groups is 1. The third kappa shape index (κ3) is 4.20. The maximum absolute atomic E-state index is 12.8. The number of aromatic nitrogens is 2. The maximum Gasteiger partial charge on any atom is 0.262 e. The average Bonchev–Trinajstić information content (AvgIpc) is 3.20. The molecule has 7 heteroatoms. The lowest BCUT2D eigenvalue weighted by Gasteiger charge is -2.08. The molecular formula is C22H19N3O3S. The van der Waals surface area contributed by atoms with E-state index in [2.05, 4.69) is 10.3 Å². The van der Waals surface area contributed by atoms with E-state index in [1.165, 1.54) is 22.2 Å². The van der Waals surface area contributed by atoms with Gasteiger partial charge in [0.05, 0.1) is 18.8 Å². The molecule has 0 spiro atoms. The van der Waals surface area contributed by atoms with Gasteiger partial charge in [-0.25, -0.2) is 4.98 Å². The van der Waals surface area contributed by atoms with Crippen molar-refractivity contribution >= 4 is 27.5 Å². The van der Waals surface area contributed by atoms with Crippen LogP contribution in [0, 0.1) is 0 Å². The molecule has 0 aliphatic rings. The number of benzene rings is 2. The molecule has 0 radical (unpaired) electrons. The minimum Gasteiger partial charge on any atom is -0.497 e. The highest BCUT2D eigenvalue weighted by molar-refractivity contribution is 7.21. The summed E-state index contributed by atoms with van der Waals surface area (Å²) in [5.74, 6) is 0.476. The molecular weight excluding hydrogens is 386 g/mol. The molecule has 0 aliphatic heterocycles. The summed E-state index contributed by atoms with van der Waals surface area (Å²) >= 11 is 1.47. The third-order valence-electron chi connectivity index (χ3n) is 4.51. The van der Waals surface area contributed by atoms with Crippen LogP contribution in [0.3, 0.4) is 0 Å². The van der Waals surface area contributed by atoms with Crippen molar-refractivity contribution in [2.75, 3.05) is 7.11 Å². The number of carbonyl (C=O) groups excluding carboxylic acids is 1. The minimum atomic E-state index is -0.255. The van der Waals surface area contributed by atoms with Crippen LogP contribution in [0.1, 0.15) is 5.56 Å². The molecule has 0 aliphatic carbocycles. The van der Waals surface area contributed by atoms with Gasteiger partial charge in [0.1, 0.15) is 17.1 Å². The van der Waals surface area contributed by atoms with Gasteiger partial charge in [0.2, 0.25) is 5.91 Å². The van der Waals surface area contributed by atoms with Crippen molar-refractivity contribution in [2.24, 2.45) is 0 Å². The van der Waals surface area contributed by atoms with Gasteiger partial charge in [0, 0.05) is 11.4 Å². The van der Waals surface area contributed by atoms with Gasteiger partial charge in [-0.15, -0.1) is 11.3 Å². The Bertz CT molecular complexity index is 1210. The Labute approximate surface area is 171 Å². The predicted molar refractivity (Wildman–Crippen MR) is 114 cm³/mol. The van der Waals surface area contributed by atoms with Crippen LogP contribution in [0.15, 0.2) is 71.8 Å². The number of hydrogen-bond donors (Lipinski definition) is 1. The monoisotopic (exact) mass is 405 g/mol. The number of fused-ring (bicyclic) bond motifs is 1. The second-order valence-corrected chi connectivity index (χ2v) is 7.53. The highest BCUT2D eigenvalue weighted by atomic mass is 32.1. The van der Waals surface area contributed by atoms with Gasteiger partial charge < -0.3 is 10.1 Å². The van der Waals surface area contributed by atoms with Crippen LogP contribution in [0.5, 0.6) is 5.75 Å². The Balaban J connectivity index is 1.49. The van der Waals surface area contributed by atoms with Gasteiger partial charge in [-0.05, 0) is 29.3 Å². The van der Waals surface area contributed by atoms with Crippen LogP contribution in [0.4, 0.5) is 0 Å². The molecule has 2 aromatic carbocycles. The first-order valence-corrected chi connectivity index (χ1v) is 9.90. The number of rotatable bonds is 6. The lowest BCUT2D eigenvalue weighted by molar-refractivity contribution is -0.121. The van der Waals surface area contributed by atoms with Gasteiger partial charge in [-0.2, -0.15) is 0 Å². The zero-order chi connectivity index (χ0) is 20.2.